The summed E-state index contributed by atoms with van der Waals surface area (Å²) in [6.45, 7) is 2.12. The molecular weight excluding hydrogens is 438 g/mol. The van der Waals surface area contributed by atoms with Crippen LogP contribution in [0.5, 0.6) is 0 Å². The number of carbonyl (C=O) groups excluding carboxylic acids is 1. The fraction of sp³-hybridized carbons (Fsp3) is 0.381. The van der Waals surface area contributed by atoms with Gasteiger partial charge in [-0.2, -0.15) is 0 Å². The van der Waals surface area contributed by atoms with Crippen LogP contribution in [-0.2, 0) is 32.2 Å². The molecule has 1 fully saturated rings. The molecule has 4 nitrogen and oxygen atoms in total. The number of halogens is 3. The molecule has 2 aromatic rings. The van der Waals surface area contributed by atoms with E-state index in [1.165, 1.54) is 18.7 Å². The summed E-state index contributed by atoms with van der Waals surface area (Å²) in [6.07, 6.45) is -2.20. The highest BCUT2D eigenvalue weighted by Gasteiger charge is 2.47. The summed E-state index contributed by atoms with van der Waals surface area (Å²) in [5.74, 6) is -0.524. The minimum Gasteiger partial charge on any atom is -0.448 e. The van der Waals surface area contributed by atoms with Gasteiger partial charge in [0.25, 0.3) is 0 Å². The molecular formula is C21H21Cl2FO4S. The van der Waals surface area contributed by atoms with Gasteiger partial charge in [-0.25, -0.2) is 4.39 Å². The topological polar surface area (TPSA) is 44.8 Å². The standard InChI is InChI=1S/C21H21Cl2FO4S/c1-13(25)28-21-19(24)20(27-11-15-4-8-17(23)9-5-15)18(29-21)12-26-10-14-2-6-16(22)7-3-14/h2-9,18-21H,10-12H2,1H3/t18-,19+,20-,21?/m1/s1. The number of benzene rings is 2. The van der Waals surface area contributed by atoms with Crippen molar-refractivity contribution in [3.8, 4) is 0 Å². The first-order chi connectivity index (χ1) is 13.9. The number of alkyl halides is 1. The lowest BCUT2D eigenvalue weighted by Gasteiger charge is -2.21. The number of carbonyl (C=O) groups is 1. The van der Waals surface area contributed by atoms with Gasteiger partial charge >= 0.3 is 5.97 Å². The van der Waals surface area contributed by atoms with Gasteiger partial charge in [-0.1, -0.05) is 47.5 Å². The first kappa shape index (κ1) is 22.4. The Balaban J connectivity index is 1.60. The van der Waals surface area contributed by atoms with Gasteiger partial charge in [0.05, 0.1) is 25.1 Å². The minimum absolute atomic E-state index is 0.225. The number of hydrogen-bond acceptors (Lipinski definition) is 5. The van der Waals surface area contributed by atoms with Gasteiger partial charge in [-0.05, 0) is 35.4 Å². The number of esters is 1. The van der Waals surface area contributed by atoms with Crippen LogP contribution >= 0.6 is 35.0 Å². The van der Waals surface area contributed by atoms with Gasteiger partial charge in [0.2, 0.25) is 0 Å². The van der Waals surface area contributed by atoms with Crippen LogP contribution in [0, 0.1) is 0 Å². The zero-order chi connectivity index (χ0) is 20.8. The van der Waals surface area contributed by atoms with Crippen LogP contribution in [0.25, 0.3) is 0 Å². The molecule has 29 heavy (non-hydrogen) atoms. The molecule has 0 bridgehead atoms. The quantitative estimate of drug-likeness (QED) is 0.492. The molecule has 3 rings (SSSR count). The summed E-state index contributed by atoms with van der Waals surface area (Å²) >= 11 is 13.0. The molecule has 1 aliphatic rings. The number of ether oxygens (including phenoxy) is 3. The maximum absolute atomic E-state index is 14.9. The van der Waals surface area contributed by atoms with Crippen molar-refractivity contribution < 1.29 is 23.4 Å². The Hall–Kier alpha value is -1.31. The first-order valence-corrected chi connectivity index (χ1v) is 10.8. The molecule has 0 aliphatic carbocycles. The van der Waals surface area contributed by atoms with Gasteiger partial charge in [0.1, 0.15) is 6.10 Å². The highest BCUT2D eigenvalue weighted by atomic mass is 35.5. The van der Waals surface area contributed by atoms with E-state index >= 15 is 0 Å². The van der Waals surface area contributed by atoms with E-state index in [0.717, 1.165) is 11.1 Å². The lowest BCUT2D eigenvalue weighted by Crippen LogP contribution is -2.35. The van der Waals surface area contributed by atoms with E-state index < -0.39 is 23.7 Å². The lowest BCUT2D eigenvalue weighted by atomic mass is 10.1. The van der Waals surface area contributed by atoms with Crippen molar-refractivity contribution in [2.24, 2.45) is 0 Å². The van der Waals surface area contributed by atoms with Crippen molar-refractivity contribution in [1.82, 2.24) is 0 Å². The van der Waals surface area contributed by atoms with E-state index in [1.54, 1.807) is 24.3 Å². The third-order valence-electron chi connectivity index (χ3n) is 4.35. The van der Waals surface area contributed by atoms with Gasteiger partial charge in [0, 0.05) is 17.0 Å². The second-order valence-electron chi connectivity index (χ2n) is 6.64. The molecule has 0 amide bonds. The Morgan fingerprint density at radius 3 is 2.10 bits per heavy atom. The Labute approximate surface area is 183 Å². The predicted octanol–water partition coefficient (Wildman–Crippen LogP) is 5.44. The van der Waals surface area contributed by atoms with Gasteiger partial charge in [0.15, 0.2) is 11.6 Å². The summed E-state index contributed by atoms with van der Waals surface area (Å²) in [7, 11) is 0. The van der Waals surface area contributed by atoms with E-state index in [2.05, 4.69) is 0 Å². The zero-order valence-corrected chi connectivity index (χ0v) is 18.1. The monoisotopic (exact) mass is 458 g/mol. The van der Waals surface area contributed by atoms with Crippen molar-refractivity contribution >= 4 is 40.9 Å². The maximum Gasteiger partial charge on any atom is 0.303 e. The SMILES string of the molecule is CC(=O)OC1S[C@H](COCc2ccc(Cl)cc2)[C@@H](OCc2ccc(Cl)cc2)[C@@H]1F. The molecule has 4 atom stereocenters. The maximum atomic E-state index is 14.9. The highest BCUT2D eigenvalue weighted by molar-refractivity contribution is 8.00. The molecule has 0 N–H and O–H groups in total. The van der Waals surface area contributed by atoms with Gasteiger partial charge in [-0.15, -0.1) is 11.8 Å². The van der Waals surface area contributed by atoms with E-state index in [9.17, 15) is 9.18 Å². The second kappa shape index (κ2) is 10.6. The van der Waals surface area contributed by atoms with Crippen LogP contribution in [0.15, 0.2) is 48.5 Å². The number of rotatable bonds is 8. The zero-order valence-electron chi connectivity index (χ0n) is 15.7. The molecule has 1 aliphatic heterocycles. The molecule has 2 aromatic carbocycles. The van der Waals surface area contributed by atoms with Crippen molar-refractivity contribution in [1.29, 1.82) is 0 Å². The summed E-state index contributed by atoms with van der Waals surface area (Å²) in [5, 5.41) is 0.964. The fourth-order valence-corrected chi connectivity index (χ4v) is 4.57. The van der Waals surface area contributed by atoms with Crippen molar-refractivity contribution in [3.63, 3.8) is 0 Å². The Bertz CT molecular complexity index is 803. The van der Waals surface area contributed by atoms with Gasteiger partial charge in [-0.3, -0.25) is 4.79 Å². The van der Waals surface area contributed by atoms with Crippen molar-refractivity contribution in [3.05, 3.63) is 69.7 Å². The molecule has 8 heteroatoms. The van der Waals surface area contributed by atoms with Gasteiger partial charge < -0.3 is 14.2 Å². The van der Waals surface area contributed by atoms with Crippen molar-refractivity contribution in [2.75, 3.05) is 6.61 Å². The largest absolute Gasteiger partial charge is 0.448 e. The molecule has 0 aromatic heterocycles. The van der Waals surface area contributed by atoms with E-state index in [1.807, 2.05) is 24.3 Å². The molecule has 1 unspecified atom stereocenters. The average molecular weight is 459 g/mol. The first-order valence-electron chi connectivity index (χ1n) is 9.07. The van der Waals surface area contributed by atoms with Crippen LogP contribution in [0.2, 0.25) is 10.0 Å². The third kappa shape index (κ3) is 6.59. The van der Waals surface area contributed by atoms with E-state index in [0.29, 0.717) is 16.7 Å². The van der Waals surface area contributed by atoms with Crippen molar-refractivity contribution in [2.45, 2.75) is 43.1 Å². The van der Waals surface area contributed by atoms with Crippen LogP contribution in [-0.4, -0.2) is 35.5 Å². The Kier molecular flexibility index (Phi) is 8.21. The second-order valence-corrected chi connectivity index (χ2v) is 8.86. The van der Waals surface area contributed by atoms with Crippen LogP contribution in [0.1, 0.15) is 18.1 Å². The molecule has 0 saturated carbocycles. The summed E-state index contributed by atoms with van der Waals surface area (Å²) in [5.41, 5.74) is 0.930. The normalized spacial score (nSPS) is 23.9. The highest BCUT2D eigenvalue weighted by Crippen LogP contribution is 2.39. The molecule has 1 saturated heterocycles. The fourth-order valence-electron chi connectivity index (χ4n) is 2.92. The lowest BCUT2D eigenvalue weighted by molar-refractivity contribution is -0.146. The summed E-state index contributed by atoms with van der Waals surface area (Å²) in [4.78, 5) is 11.3. The van der Waals surface area contributed by atoms with Crippen LogP contribution in [0.3, 0.4) is 0 Å². The summed E-state index contributed by atoms with van der Waals surface area (Å²) < 4.78 is 31.7. The number of hydrogen-bond donors (Lipinski definition) is 0. The van der Waals surface area contributed by atoms with E-state index in [-0.39, 0.29) is 18.5 Å². The third-order valence-corrected chi connectivity index (χ3v) is 6.23. The van der Waals surface area contributed by atoms with Crippen LogP contribution < -0.4 is 0 Å². The smallest absolute Gasteiger partial charge is 0.303 e. The van der Waals surface area contributed by atoms with Crippen LogP contribution in [0.4, 0.5) is 4.39 Å². The molecule has 0 spiro atoms. The van der Waals surface area contributed by atoms with E-state index in [4.69, 9.17) is 37.4 Å². The molecule has 1 heterocycles. The Morgan fingerprint density at radius 2 is 1.55 bits per heavy atom. The summed E-state index contributed by atoms with van der Waals surface area (Å²) in [6, 6.07) is 14.5. The average Bonchev–Trinajstić information content (AvgIpc) is 2.97. The number of thioether (sulfide) groups is 1. The Morgan fingerprint density at radius 1 is 1.00 bits per heavy atom. The molecule has 156 valence electrons. The molecule has 0 radical (unpaired) electrons. The predicted molar refractivity (Wildman–Crippen MR) is 113 cm³/mol. The minimum atomic E-state index is -1.44.